The van der Waals surface area contributed by atoms with Crippen LogP contribution in [0.5, 0.6) is 11.5 Å². The number of ether oxygens (including phenoxy) is 2. The Morgan fingerprint density at radius 2 is 1.81 bits per heavy atom. The Hall–Kier alpha value is -1.23. The lowest BCUT2D eigenvalue weighted by Crippen LogP contribution is -2.11. The molecule has 0 aliphatic rings. The lowest BCUT2D eigenvalue weighted by atomic mass is 10.1. The SMILES string of the molecule is NCCc1c(Cl)cccc1OCCOc1cccc(Br)c1. The van der Waals surface area contributed by atoms with Gasteiger partial charge < -0.3 is 15.2 Å². The summed E-state index contributed by atoms with van der Waals surface area (Å²) in [6, 6.07) is 13.3. The van der Waals surface area contributed by atoms with Gasteiger partial charge in [0.1, 0.15) is 24.7 Å². The van der Waals surface area contributed by atoms with Crippen molar-refractivity contribution in [2.75, 3.05) is 19.8 Å². The quantitative estimate of drug-likeness (QED) is 0.748. The van der Waals surface area contributed by atoms with Gasteiger partial charge in [-0.3, -0.25) is 0 Å². The van der Waals surface area contributed by atoms with Crippen molar-refractivity contribution in [3.05, 3.63) is 57.5 Å². The van der Waals surface area contributed by atoms with Crippen molar-refractivity contribution in [3.8, 4) is 11.5 Å². The fraction of sp³-hybridized carbons (Fsp3) is 0.250. The largest absolute Gasteiger partial charge is 0.490 e. The summed E-state index contributed by atoms with van der Waals surface area (Å²) in [5.41, 5.74) is 6.55. The molecule has 21 heavy (non-hydrogen) atoms. The highest BCUT2D eigenvalue weighted by Crippen LogP contribution is 2.26. The molecule has 0 heterocycles. The zero-order chi connectivity index (χ0) is 15.1. The smallest absolute Gasteiger partial charge is 0.124 e. The molecule has 2 aromatic carbocycles. The zero-order valence-electron chi connectivity index (χ0n) is 11.5. The Kier molecular flexibility index (Phi) is 6.36. The first-order valence-corrected chi connectivity index (χ1v) is 7.86. The average Bonchev–Trinajstić information content (AvgIpc) is 2.47. The third kappa shape index (κ3) is 4.92. The molecule has 2 aromatic rings. The van der Waals surface area contributed by atoms with E-state index >= 15 is 0 Å². The predicted octanol–water partition coefficient (Wildman–Crippen LogP) is 4.06. The standard InChI is InChI=1S/C16H17BrClNO2/c17-12-3-1-4-13(11-12)20-9-10-21-16-6-2-5-15(18)14(16)7-8-19/h1-6,11H,7-10,19H2. The zero-order valence-corrected chi connectivity index (χ0v) is 13.9. The molecule has 0 bridgehead atoms. The maximum absolute atomic E-state index is 6.16. The van der Waals surface area contributed by atoms with Crippen molar-refractivity contribution < 1.29 is 9.47 Å². The summed E-state index contributed by atoms with van der Waals surface area (Å²) < 4.78 is 12.4. The minimum Gasteiger partial charge on any atom is -0.490 e. The molecule has 0 amide bonds. The summed E-state index contributed by atoms with van der Waals surface area (Å²) >= 11 is 9.57. The highest BCUT2D eigenvalue weighted by atomic mass is 79.9. The molecule has 112 valence electrons. The molecule has 3 nitrogen and oxygen atoms in total. The van der Waals surface area contributed by atoms with E-state index in [1.165, 1.54) is 0 Å². The highest BCUT2D eigenvalue weighted by Gasteiger charge is 2.07. The van der Waals surface area contributed by atoms with Gasteiger partial charge in [0, 0.05) is 15.1 Å². The van der Waals surface area contributed by atoms with E-state index in [2.05, 4.69) is 15.9 Å². The summed E-state index contributed by atoms with van der Waals surface area (Å²) in [6.45, 7) is 1.45. The predicted molar refractivity (Wildman–Crippen MR) is 89.3 cm³/mol. The summed E-state index contributed by atoms with van der Waals surface area (Å²) in [7, 11) is 0. The van der Waals surface area contributed by atoms with Crippen molar-refractivity contribution in [3.63, 3.8) is 0 Å². The third-order valence-corrected chi connectivity index (χ3v) is 3.72. The molecule has 0 saturated carbocycles. The maximum atomic E-state index is 6.16. The first-order chi connectivity index (χ1) is 10.2. The minimum atomic E-state index is 0.449. The van der Waals surface area contributed by atoms with Crippen molar-refractivity contribution in [1.29, 1.82) is 0 Å². The van der Waals surface area contributed by atoms with Crippen LogP contribution in [0, 0.1) is 0 Å². The lowest BCUT2D eigenvalue weighted by molar-refractivity contribution is 0.216. The second-order valence-electron chi connectivity index (χ2n) is 4.41. The molecular weight excluding hydrogens is 354 g/mol. The van der Waals surface area contributed by atoms with E-state index in [0.29, 0.717) is 31.2 Å². The van der Waals surface area contributed by atoms with Crippen LogP contribution in [0.15, 0.2) is 46.9 Å². The molecule has 0 aliphatic heterocycles. The van der Waals surface area contributed by atoms with Crippen molar-refractivity contribution in [2.45, 2.75) is 6.42 Å². The van der Waals surface area contributed by atoms with Crippen LogP contribution < -0.4 is 15.2 Å². The fourth-order valence-electron chi connectivity index (χ4n) is 1.93. The van der Waals surface area contributed by atoms with Crippen molar-refractivity contribution >= 4 is 27.5 Å². The molecule has 0 spiro atoms. The van der Waals surface area contributed by atoms with Crippen LogP contribution in [0.1, 0.15) is 5.56 Å². The number of halogens is 2. The number of nitrogens with two attached hydrogens (primary N) is 1. The van der Waals surface area contributed by atoms with E-state index in [-0.39, 0.29) is 0 Å². The summed E-state index contributed by atoms with van der Waals surface area (Å²) in [5, 5.41) is 0.686. The van der Waals surface area contributed by atoms with Gasteiger partial charge in [-0.15, -0.1) is 0 Å². The second kappa shape index (κ2) is 8.27. The summed E-state index contributed by atoms with van der Waals surface area (Å²) in [6.07, 6.45) is 0.696. The van der Waals surface area contributed by atoms with E-state index in [1.807, 2.05) is 42.5 Å². The number of rotatable bonds is 7. The Morgan fingerprint density at radius 1 is 1.05 bits per heavy atom. The molecule has 2 N–H and O–H groups in total. The van der Waals surface area contributed by atoms with E-state index in [9.17, 15) is 0 Å². The van der Waals surface area contributed by atoms with Gasteiger partial charge in [-0.2, -0.15) is 0 Å². The van der Waals surface area contributed by atoms with Gasteiger partial charge in [-0.25, -0.2) is 0 Å². The fourth-order valence-corrected chi connectivity index (χ4v) is 2.57. The van der Waals surface area contributed by atoms with Crippen LogP contribution in [0.3, 0.4) is 0 Å². The number of benzene rings is 2. The molecule has 0 radical (unpaired) electrons. The lowest BCUT2D eigenvalue weighted by Gasteiger charge is -2.13. The Bertz CT molecular complexity index is 592. The number of hydrogen-bond acceptors (Lipinski definition) is 3. The average molecular weight is 371 g/mol. The van der Waals surface area contributed by atoms with Crippen LogP contribution >= 0.6 is 27.5 Å². The molecule has 0 aromatic heterocycles. The second-order valence-corrected chi connectivity index (χ2v) is 5.73. The van der Waals surface area contributed by atoms with Gasteiger partial charge in [0.05, 0.1) is 0 Å². The first-order valence-electron chi connectivity index (χ1n) is 6.69. The van der Waals surface area contributed by atoms with Crippen LogP contribution in [0.25, 0.3) is 0 Å². The van der Waals surface area contributed by atoms with Gasteiger partial charge in [-0.05, 0) is 43.3 Å². The van der Waals surface area contributed by atoms with E-state index < -0.39 is 0 Å². The van der Waals surface area contributed by atoms with Crippen LogP contribution in [-0.4, -0.2) is 19.8 Å². The van der Waals surface area contributed by atoms with Crippen LogP contribution in [0.4, 0.5) is 0 Å². The van der Waals surface area contributed by atoms with Gasteiger partial charge in [-0.1, -0.05) is 39.7 Å². The molecular formula is C16H17BrClNO2. The Morgan fingerprint density at radius 3 is 2.57 bits per heavy atom. The molecule has 0 aliphatic carbocycles. The number of hydrogen-bond donors (Lipinski definition) is 1. The molecule has 0 fully saturated rings. The Labute approximate surface area is 138 Å². The molecule has 2 rings (SSSR count). The minimum absolute atomic E-state index is 0.449. The highest BCUT2D eigenvalue weighted by molar-refractivity contribution is 9.10. The van der Waals surface area contributed by atoms with E-state index in [0.717, 1.165) is 21.5 Å². The van der Waals surface area contributed by atoms with Crippen LogP contribution in [0.2, 0.25) is 5.02 Å². The molecule has 5 heteroatoms. The Balaban J connectivity index is 1.87. The van der Waals surface area contributed by atoms with Gasteiger partial charge >= 0.3 is 0 Å². The monoisotopic (exact) mass is 369 g/mol. The van der Waals surface area contributed by atoms with Crippen molar-refractivity contribution in [1.82, 2.24) is 0 Å². The summed E-state index contributed by atoms with van der Waals surface area (Å²) in [5.74, 6) is 1.58. The molecule has 0 saturated heterocycles. The molecule has 0 unspecified atom stereocenters. The summed E-state index contributed by atoms with van der Waals surface area (Å²) in [4.78, 5) is 0. The van der Waals surface area contributed by atoms with Crippen molar-refractivity contribution in [2.24, 2.45) is 5.73 Å². The van der Waals surface area contributed by atoms with Crippen LogP contribution in [-0.2, 0) is 6.42 Å². The van der Waals surface area contributed by atoms with Gasteiger partial charge in [0.15, 0.2) is 0 Å². The topological polar surface area (TPSA) is 44.5 Å². The normalized spacial score (nSPS) is 10.4. The maximum Gasteiger partial charge on any atom is 0.124 e. The van der Waals surface area contributed by atoms with Gasteiger partial charge in [0.25, 0.3) is 0 Å². The molecule has 0 atom stereocenters. The van der Waals surface area contributed by atoms with E-state index in [1.54, 1.807) is 0 Å². The van der Waals surface area contributed by atoms with E-state index in [4.69, 9.17) is 26.8 Å². The third-order valence-electron chi connectivity index (χ3n) is 2.88. The first kappa shape index (κ1) is 16.1. The van der Waals surface area contributed by atoms with Gasteiger partial charge in [0.2, 0.25) is 0 Å².